The molecule has 0 aliphatic carbocycles. The van der Waals surface area contributed by atoms with Crippen LogP contribution in [0.25, 0.3) is 0 Å². The van der Waals surface area contributed by atoms with Gasteiger partial charge in [0.25, 0.3) is 5.91 Å². The Morgan fingerprint density at radius 3 is 2.72 bits per heavy atom. The van der Waals surface area contributed by atoms with E-state index in [2.05, 4.69) is 5.32 Å². The van der Waals surface area contributed by atoms with Gasteiger partial charge in [-0.1, -0.05) is 17.7 Å². The molecular formula is C19H19ClN2O2S. The first-order valence-electron chi connectivity index (χ1n) is 8.20. The van der Waals surface area contributed by atoms with Gasteiger partial charge >= 0.3 is 0 Å². The molecule has 1 fully saturated rings. The molecule has 0 spiro atoms. The molecule has 1 saturated heterocycles. The molecule has 4 nitrogen and oxygen atoms in total. The van der Waals surface area contributed by atoms with Crippen LogP contribution in [0.15, 0.2) is 53.4 Å². The van der Waals surface area contributed by atoms with E-state index < -0.39 is 0 Å². The predicted molar refractivity (Wildman–Crippen MR) is 103 cm³/mol. The maximum atomic E-state index is 12.3. The summed E-state index contributed by atoms with van der Waals surface area (Å²) in [5.74, 6) is 0.777. The minimum atomic E-state index is -0.120. The summed E-state index contributed by atoms with van der Waals surface area (Å²) in [6, 6.07) is 14.9. The number of thioether (sulfide) groups is 1. The Balaban J connectivity index is 1.51. The van der Waals surface area contributed by atoms with Crippen LogP contribution >= 0.6 is 23.4 Å². The molecule has 25 heavy (non-hydrogen) atoms. The van der Waals surface area contributed by atoms with Crippen molar-refractivity contribution < 1.29 is 9.59 Å². The summed E-state index contributed by atoms with van der Waals surface area (Å²) in [6.45, 7) is 1.29. The molecule has 1 aliphatic rings. The third-order valence-electron chi connectivity index (χ3n) is 3.96. The summed E-state index contributed by atoms with van der Waals surface area (Å²) in [5, 5.41) is 3.64. The molecule has 3 rings (SSSR count). The van der Waals surface area contributed by atoms with Crippen molar-refractivity contribution in [3.63, 3.8) is 0 Å². The number of carbonyl (C=O) groups is 2. The quantitative estimate of drug-likeness (QED) is 0.614. The van der Waals surface area contributed by atoms with Gasteiger partial charge in [-0.2, -0.15) is 0 Å². The fourth-order valence-electron chi connectivity index (χ4n) is 2.70. The lowest BCUT2D eigenvalue weighted by Crippen LogP contribution is -2.27. The molecular weight excluding hydrogens is 356 g/mol. The van der Waals surface area contributed by atoms with E-state index in [1.54, 1.807) is 28.8 Å². The lowest BCUT2D eigenvalue weighted by atomic mass is 10.1. The monoisotopic (exact) mass is 374 g/mol. The van der Waals surface area contributed by atoms with Gasteiger partial charge in [-0.15, -0.1) is 11.8 Å². The molecule has 0 saturated carbocycles. The summed E-state index contributed by atoms with van der Waals surface area (Å²) < 4.78 is 0. The molecule has 130 valence electrons. The predicted octanol–water partition coefficient (Wildman–Crippen LogP) is 3.99. The Labute approximate surface area is 156 Å². The van der Waals surface area contributed by atoms with Crippen molar-refractivity contribution >= 4 is 40.9 Å². The number of hydrogen-bond donors (Lipinski definition) is 1. The van der Waals surface area contributed by atoms with Crippen molar-refractivity contribution in [2.45, 2.75) is 17.7 Å². The first kappa shape index (κ1) is 17.8. The maximum Gasteiger partial charge on any atom is 0.251 e. The normalized spacial score (nSPS) is 14.0. The van der Waals surface area contributed by atoms with Crippen LogP contribution in [-0.4, -0.2) is 30.7 Å². The molecule has 0 atom stereocenters. The molecule has 0 aromatic heterocycles. The van der Waals surface area contributed by atoms with Crippen LogP contribution in [0, 0.1) is 0 Å². The van der Waals surface area contributed by atoms with E-state index in [1.807, 2.05) is 36.4 Å². The van der Waals surface area contributed by atoms with Crippen LogP contribution in [0.5, 0.6) is 0 Å². The second kappa shape index (κ2) is 8.41. The molecule has 0 bridgehead atoms. The number of nitrogens with zero attached hydrogens (tertiary/aromatic N) is 1. The molecule has 6 heteroatoms. The van der Waals surface area contributed by atoms with Crippen molar-refractivity contribution in [1.82, 2.24) is 5.32 Å². The third kappa shape index (κ3) is 4.77. The maximum absolute atomic E-state index is 12.3. The largest absolute Gasteiger partial charge is 0.351 e. The van der Waals surface area contributed by atoms with E-state index in [0.29, 0.717) is 23.6 Å². The first-order valence-corrected chi connectivity index (χ1v) is 9.57. The fourth-order valence-corrected chi connectivity index (χ4v) is 3.60. The van der Waals surface area contributed by atoms with Crippen molar-refractivity contribution in [3.05, 3.63) is 59.1 Å². The van der Waals surface area contributed by atoms with Crippen molar-refractivity contribution in [2.75, 3.05) is 23.7 Å². The standard InChI is InChI=1S/C19H19ClN2O2S/c20-15-6-8-17(9-7-15)25-12-10-21-19(24)14-3-1-4-16(13-14)22-11-2-5-18(22)23/h1,3-4,6-9,13H,2,5,10-12H2,(H,21,24). The van der Waals surface area contributed by atoms with Gasteiger partial charge in [0.2, 0.25) is 5.91 Å². The van der Waals surface area contributed by atoms with Gasteiger partial charge in [0.15, 0.2) is 0 Å². The van der Waals surface area contributed by atoms with Gasteiger partial charge in [0.05, 0.1) is 0 Å². The Kier molecular flexibility index (Phi) is 6.00. The SMILES string of the molecule is O=C(NCCSc1ccc(Cl)cc1)c1cccc(N2CCCC2=O)c1. The number of rotatable bonds is 6. The molecule has 0 unspecified atom stereocenters. The smallest absolute Gasteiger partial charge is 0.251 e. The zero-order chi connectivity index (χ0) is 17.6. The number of amides is 2. The lowest BCUT2D eigenvalue weighted by Gasteiger charge is -2.16. The van der Waals surface area contributed by atoms with Crippen LogP contribution in [0.2, 0.25) is 5.02 Å². The highest BCUT2D eigenvalue weighted by molar-refractivity contribution is 7.99. The summed E-state index contributed by atoms with van der Waals surface area (Å²) in [7, 11) is 0. The van der Waals surface area contributed by atoms with Gasteiger partial charge in [-0.3, -0.25) is 9.59 Å². The van der Waals surface area contributed by atoms with Gasteiger partial charge < -0.3 is 10.2 Å². The molecule has 0 radical (unpaired) electrons. The van der Waals surface area contributed by atoms with Crippen LogP contribution in [-0.2, 0) is 4.79 Å². The lowest BCUT2D eigenvalue weighted by molar-refractivity contribution is -0.117. The molecule has 1 N–H and O–H groups in total. The minimum absolute atomic E-state index is 0.120. The Morgan fingerprint density at radius 1 is 1.20 bits per heavy atom. The van der Waals surface area contributed by atoms with Crippen molar-refractivity contribution in [3.8, 4) is 0 Å². The Bertz CT molecular complexity index is 764. The van der Waals surface area contributed by atoms with E-state index >= 15 is 0 Å². The van der Waals surface area contributed by atoms with Crippen molar-refractivity contribution in [2.24, 2.45) is 0 Å². The molecule has 2 amide bonds. The van der Waals surface area contributed by atoms with Crippen LogP contribution in [0.4, 0.5) is 5.69 Å². The number of benzene rings is 2. The van der Waals surface area contributed by atoms with Gasteiger partial charge in [0.1, 0.15) is 0 Å². The Morgan fingerprint density at radius 2 is 2.00 bits per heavy atom. The summed E-state index contributed by atoms with van der Waals surface area (Å²) >= 11 is 7.52. The summed E-state index contributed by atoms with van der Waals surface area (Å²) in [5.41, 5.74) is 1.37. The van der Waals surface area contributed by atoms with E-state index in [1.165, 1.54) is 0 Å². The first-order chi connectivity index (χ1) is 12.1. The van der Waals surface area contributed by atoms with Crippen LogP contribution in [0.3, 0.4) is 0 Å². The highest BCUT2D eigenvalue weighted by Crippen LogP contribution is 2.22. The second-order valence-electron chi connectivity index (χ2n) is 5.76. The average Bonchev–Trinajstić information content (AvgIpc) is 3.06. The highest BCUT2D eigenvalue weighted by Gasteiger charge is 2.22. The van der Waals surface area contributed by atoms with Gasteiger partial charge in [-0.05, 0) is 48.9 Å². The van der Waals surface area contributed by atoms with E-state index in [-0.39, 0.29) is 11.8 Å². The number of hydrogen-bond acceptors (Lipinski definition) is 3. The molecule has 1 heterocycles. The number of halogens is 1. The summed E-state index contributed by atoms with van der Waals surface area (Å²) in [6.07, 6.45) is 1.45. The number of carbonyl (C=O) groups excluding carboxylic acids is 2. The Hall–Kier alpha value is -1.98. The highest BCUT2D eigenvalue weighted by atomic mass is 35.5. The van der Waals surface area contributed by atoms with E-state index in [4.69, 9.17) is 11.6 Å². The van der Waals surface area contributed by atoms with Crippen LogP contribution in [0.1, 0.15) is 23.2 Å². The summed E-state index contributed by atoms with van der Waals surface area (Å²) in [4.78, 5) is 27.0. The topological polar surface area (TPSA) is 49.4 Å². The fraction of sp³-hybridized carbons (Fsp3) is 0.263. The van der Waals surface area contributed by atoms with Gasteiger partial charge in [-0.25, -0.2) is 0 Å². The zero-order valence-electron chi connectivity index (χ0n) is 13.7. The van der Waals surface area contributed by atoms with Gasteiger partial charge in [0, 0.05) is 46.4 Å². The molecule has 2 aromatic rings. The van der Waals surface area contributed by atoms with E-state index in [9.17, 15) is 9.59 Å². The third-order valence-corrected chi connectivity index (χ3v) is 5.23. The minimum Gasteiger partial charge on any atom is -0.351 e. The number of nitrogens with one attached hydrogen (secondary N) is 1. The zero-order valence-corrected chi connectivity index (χ0v) is 15.3. The molecule has 1 aliphatic heterocycles. The second-order valence-corrected chi connectivity index (χ2v) is 7.36. The number of anilines is 1. The van der Waals surface area contributed by atoms with Crippen molar-refractivity contribution in [1.29, 1.82) is 0 Å². The average molecular weight is 375 g/mol. The van der Waals surface area contributed by atoms with Crippen LogP contribution < -0.4 is 10.2 Å². The molecule has 2 aromatic carbocycles. The van der Waals surface area contributed by atoms with E-state index in [0.717, 1.165) is 29.3 Å².